The van der Waals surface area contributed by atoms with Crippen molar-refractivity contribution in [3.05, 3.63) is 34.3 Å². The van der Waals surface area contributed by atoms with Crippen molar-refractivity contribution in [3.8, 4) is 0 Å². The predicted molar refractivity (Wildman–Crippen MR) is 76.3 cm³/mol. The number of carbonyl (C=O) groups is 1. The molecular weight excluding hydrogens is 294 g/mol. The standard InChI is InChI=1S/C14H20BrNO2/c1-4-16(9-11(2)14(17)18-3)10-12-6-5-7-13(15)8-12/h5-8,11H,4,9-10H2,1-3H3. The van der Waals surface area contributed by atoms with E-state index in [4.69, 9.17) is 4.74 Å². The van der Waals surface area contributed by atoms with E-state index in [0.29, 0.717) is 0 Å². The van der Waals surface area contributed by atoms with Crippen LogP contribution in [0.3, 0.4) is 0 Å². The molecule has 0 saturated heterocycles. The summed E-state index contributed by atoms with van der Waals surface area (Å²) in [5.74, 6) is -0.246. The second-order valence-corrected chi connectivity index (χ2v) is 5.30. The van der Waals surface area contributed by atoms with Crippen molar-refractivity contribution in [3.63, 3.8) is 0 Å². The Bertz CT molecular complexity index is 395. The van der Waals surface area contributed by atoms with Gasteiger partial charge in [0, 0.05) is 17.6 Å². The third kappa shape index (κ3) is 4.78. The molecule has 100 valence electrons. The molecule has 0 aromatic heterocycles. The minimum absolute atomic E-state index is 0.0953. The zero-order chi connectivity index (χ0) is 13.5. The van der Waals surface area contributed by atoms with Crippen LogP contribution < -0.4 is 0 Å². The second kappa shape index (κ2) is 7.54. The van der Waals surface area contributed by atoms with Gasteiger partial charge < -0.3 is 4.74 Å². The lowest BCUT2D eigenvalue weighted by Gasteiger charge is -2.23. The molecule has 0 aliphatic heterocycles. The van der Waals surface area contributed by atoms with Gasteiger partial charge in [0.05, 0.1) is 13.0 Å². The molecule has 0 radical (unpaired) electrons. The van der Waals surface area contributed by atoms with Crippen molar-refractivity contribution in [1.29, 1.82) is 0 Å². The van der Waals surface area contributed by atoms with E-state index in [-0.39, 0.29) is 11.9 Å². The van der Waals surface area contributed by atoms with Crippen molar-refractivity contribution in [2.75, 3.05) is 20.2 Å². The zero-order valence-electron chi connectivity index (χ0n) is 11.1. The van der Waals surface area contributed by atoms with Crippen molar-refractivity contribution >= 4 is 21.9 Å². The molecule has 1 aromatic rings. The van der Waals surface area contributed by atoms with E-state index in [1.54, 1.807) is 0 Å². The average Bonchev–Trinajstić information content (AvgIpc) is 2.36. The Morgan fingerprint density at radius 3 is 2.78 bits per heavy atom. The molecule has 0 bridgehead atoms. The van der Waals surface area contributed by atoms with Crippen LogP contribution in [0.1, 0.15) is 19.4 Å². The van der Waals surface area contributed by atoms with Crippen LogP contribution in [-0.2, 0) is 16.1 Å². The Labute approximate surface area is 117 Å². The van der Waals surface area contributed by atoms with Crippen LogP contribution in [-0.4, -0.2) is 31.1 Å². The molecule has 0 saturated carbocycles. The molecular formula is C14H20BrNO2. The van der Waals surface area contributed by atoms with Crippen LogP contribution in [0.15, 0.2) is 28.7 Å². The normalized spacial score (nSPS) is 12.5. The number of hydrogen-bond donors (Lipinski definition) is 0. The van der Waals surface area contributed by atoms with Crippen LogP contribution in [0, 0.1) is 5.92 Å². The van der Waals surface area contributed by atoms with Crippen molar-refractivity contribution in [2.45, 2.75) is 20.4 Å². The van der Waals surface area contributed by atoms with Crippen LogP contribution in [0.4, 0.5) is 0 Å². The molecule has 0 fully saturated rings. The smallest absolute Gasteiger partial charge is 0.309 e. The Kier molecular flexibility index (Phi) is 6.36. The first kappa shape index (κ1) is 15.2. The van der Waals surface area contributed by atoms with E-state index in [0.717, 1.165) is 24.1 Å². The van der Waals surface area contributed by atoms with Crippen LogP contribution in [0.25, 0.3) is 0 Å². The lowest BCUT2D eigenvalue weighted by molar-refractivity contribution is -0.145. The summed E-state index contributed by atoms with van der Waals surface area (Å²) in [6.45, 7) is 6.47. The maximum atomic E-state index is 11.4. The summed E-state index contributed by atoms with van der Waals surface area (Å²) in [6.07, 6.45) is 0. The van der Waals surface area contributed by atoms with E-state index >= 15 is 0 Å². The molecule has 0 heterocycles. The maximum Gasteiger partial charge on any atom is 0.309 e. The zero-order valence-corrected chi connectivity index (χ0v) is 12.7. The van der Waals surface area contributed by atoms with Gasteiger partial charge in [0.15, 0.2) is 0 Å². The maximum absolute atomic E-state index is 11.4. The molecule has 0 aliphatic carbocycles. The molecule has 1 aromatic carbocycles. The SMILES string of the molecule is CCN(Cc1cccc(Br)c1)CC(C)C(=O)OC. The van der Waals surface area contributed by atoms with E-state index in [1.807, 2.05) is 19.1 Å². The fourth-order valence-corrected chi connectivity index (χ4v) is 2.31. The van der Waals surface area contributed by atoms with Gasteiger partial charge in [0.25, 0.3) is 0 Å². The first-order valence-electron chi connectivity index (χ1n) is 6.11. The number of methoxy groups -OCH3 is 1. The first-order chi connectivity index (χ1) is 8.56. The van der Waals surface area contributed by atoms with Crippen molar-refractivity contribution < 1.29 is 9.53 Å². The lowest BCUT2D eigenvalue weighted by Crippen LogP contribution is -2.31. The molecule has 0 amide bonds. The number of rotatable bonds is 6. The summed E-state index contributed by atoms with van der Waals surface area (Å²) in [6, 6.07) is 8.23. The Hall–Kier alpha value is -0.870. The average molecular weight is 314 g/mol. The van der Waals surface area contributed by atoms with Crippen LogP contribution in [0.5, 0.6) is 0 Å². The summed E-state index contributed by atoms with van der Waals surface area (Å²) in [5.41, 5.74) is 1.24. The largest absolute Gasteiger partial charge is 0.469 e. The van der Waals surface area contributed by atoms with Gasteiger partial charge >= 0.3 is 5.97 Å². The van der Waals surface area contributed by atoms with Gasteiger partial charge in [-0.25, -0.2) is 0 Å². The highest BCUT2D eigenvalue weighted by Crippen LogP contribution is 2.14. The van der Waals surface area contributed by atoms with Gasteiger partial charge in [0.1, 0.15) is 0 Å². The van der Waals surface area contributed by atoms with Gasteiger partial charge in [-0.3, -0.25) is 9.69 Å². The molecule has 1 rings (SSSR count). The molecule has 4 heteroatoms. The molecule has 0 spiro atoms. The van der Waals surface area contributed by atoms with E-state index < -0.39 is 0 Å². The summed E-state index contributed by atoms with van der Waals surface area (Å²) >= 11 is 3.47. The second-order valence-electron chi connectivity index (χ2n) is 4.38. The number of hydrogen-bond acceptors (Lipinski definition) is 3. The third-order valence-electron chi connectivity index (χ3n) is 2.88. The summed E-state index contributed by atoms with van der Waals surface area (Å²) in [4.78, 5) is 13.7. The Balaban J connectivity index is 2.59. The molecule has 18 heavy (non-hydrogen) atoms. The molecule has 1 atom stereocenters. The summed E-state index contributed by atoms with van der Waals surface area (Å²) in [5, 5.41) is 0. The fourth-order valence-electron chi connectivity index (χ4n) is 1.86. The van der Waals surface area contributed by atoms with E-state index in [1.165, 1.54) is 12.7 Å². The molecule has 0 aliphatic rings. The van der Waals surface area contributed by atoms with Crippen molar-refractivity contribution in [1.82, 2.24) is 4.90 Å². The highest BCUT2D eigenvalue weighted by Gasteiger charge is 2.16. The number of carbonyl (C=O) groups excluding carboxylic acids is 1. The minimum Gasteiger partial charge on any atom is -0.469 e. The summed E-state index contributed by atoms with van der Waals surface area (Å²) in [7, 11) is 1.43. The molecule has 0 N–H and O–H groups in total. The number of ether oxygens (including phenoxy) is 1. The van der Waals surface area contributed by atoms with Gasteiger partial charge in [0.2, 0.25) is 0 Å². The Morgan fingerprint density at radius 2 is 2.22 bits per heavy atom. The topological polar surface area (TPSA) is 29.5 Å². The first-order valence-corrected chi connectivity index (χ1v) is 6.90. The minimum atomic E-state index is -0.150. The monoisotopic (exact) mass is 313 g/mol. The highest BCUT2D eigenvalue weighted by molar-refractivity contribution is 9.10. The van der Waals surface area contributed by atoms with Gasteiger partial charge in [-0.1, -0.05) is 41.9 Å². The van der Waals surface area contributed by atoms with Gasteiger partial charge in [-0.2, -0.15) is 0 Å². The highest BCUT2D eigenvalue weighted by atomic mass is 79.9. The number of benzene rings is 1. The van der Waals surface area contributed by atoms with Crippen LogP contribution >= 0.6 is 15.9 Å². The molecule has 3 nitrogen and oxygen atoms in total. The lowest BCUT2D eigenvalue weighted by atomic mass is 10.1. The van der Waals surface area contributed by atoms with E-state index in [9.17, 15) is 4.79 Å². The van der Waals surface area contributed by atoms with Gasteiger partial charge in [-0.15, -0.1) is 0 Å². The van der Waals surface area contributed by atoms with E-state index in [2.05, 4.69) is 39.9 Å². The van der Waals surface area contributed by atoms with Crippen molar-refractivity contribution in [2.24, 2.45) is 5.92 Å². The Morgan fingerprint density at radius 1 is 1.50 bits per heavy atom. The predicted octanol–water partition coefficient (Wildman–Crippen LogP) is 3.08. The molecule has 1 unspecified atom stereocenters. The number of esters is 1. The van der Waals surface area contributed by atoms with Crippen LogP contribution in [0.2, 0.25) is 0 Å². The van der Waals surface area contributed by atoms with Gasteiger partial charge in [-0.05, 0) is 24.2 Å². The number of nitrogens with zero attached hydrogens (tertiary/aromatic N) is 1. The fraction of sp³-hybridized carbons (Fsp3) is 0.500. The summed E-state index contributed by atoms with van der Waals surface area (Å²) < 4.78 is 5.83. The quantitative estimate of drug-likeness (QED) is 0.756. The number of halogens is 1. The third-order valence-corrected chi connectivity index (χ3v) is 3.37.